The monoisotopic (exact) mass is 187 g/mol. The highest BCUT2D eigenvalue weighted by atomic mass is 35.5. The molecular formula is C9H14ClNO. The van der Waals surface area contributed by atoms with E-state index >= 15 is 0 Å². The molecule has 0 fully saturated rings. The molecule has 68 valence electrons. The standard InChI is InChI=1S/C9H13NO.ClH/c1-11-9(7-10)8-5-3-2-4-6-8;/h2-6,9H,7,10H2,1H3;1H. The maximum absolute atomic E-state index is 5.49. The number of halogens is 1. The summed E-state index contributed by atoms with van der Waals surface area (Å²) in [6.07, 6.45) is 0.0381. The van der Waals surface area contributed by atoms with Crippen molar-refractivity contribution >= 4 is 12.4 Å². The minimum absolute atomic E-state index is 0. The molecule has 1 aromatic carbocycles. The Balaban J connectivity index is 0.00000121. The summed E-state index contributed by atoms with van der Waals surface area (Å²) in [5, 5.41) is 0. The Hall–Kier alpha value is -0.570. The summed E-state index contributed by atoms with van der Waals surface area (Å²) >= 11 is 0. The fraction of sp³-hybridized carbons (Fsp3) is 0.333. The Kier molecular flexibility index (Phi) is 5.72. The zero-order valence-electron chi connectivity index (χ0n) is 7.07. The van der Waals surface area contributed by atoms with Crippen LogP contribution >= 0.6 is 12.4 Å². The highest BCUT2D eigenvalue weighted by Crippen LogP contribution is 2.13. The normalized spacial score (nSPS) is 11.8. The van der Waals surface area contributed by atoms with E-state index in [0.29, 0.717) is 6.54 Å². The minimum atomic E-state index is 0. The lowest BCUT2D eigenvalue weighted by Gasteiger charge is -2.12. The van der Waals surface area contributed by atoms with Crippen LogP contribution < -0.4 is 5.73 Å². The van der Waals surface area contributed by atoms with Crippen molar-refractivity contribution in [1.82, 2.24) is 0 Å². The van der Waals surface area contributed by atoms with E-state index in [9.17, 15) is 0 Å². The molecule has 0 bridgehead atoms. The number of methoxy groups -OCH3 is 1. The first-order chi connectivity index (χ1) is 5.38. The van der Waals surface area contributed by atoms with Crippen LogP contribution in [0.5, 0.6) is 0 Å². The van der Waals surface area contributed by atoms with Crippen LogP contribution in [0.25, 0.3) is 0 Å². The second-order valence-electron chi connectivity index (χ2n) is 2.37. The third kappa shape index (κ3) is 2.81. The summed E-state index contributed by atoms with van der Waals surface area (Å²) in [5.74, 6) is 0. The van der Waals surface area contributed by atoms with E-state index in [1.165, 1.54) is 0 Å². The van der Waals surface area contributed by atoms with Gasteiger partial charge in [-0.25, -0.2) is 0 Å². The van der Waals surface area contributed by atoms with E-state index in [1.54, 1.807) is 7.11 Å². The van der Waals surface area contributed by atoms with E-state index in [4.69, 9.17) is 10.5 Å². The second kappa shape index (κ2) is 6.00. The predicted molar refractivity (Wildman–Crippen MR) is 52.5 cm³/mol. The molecule has 0 saturated heterocycles. The summed E-state index contributed by atoms with van der Waals surface area (Å²) in [5.41, 5.74) is 6.63. The van der Waals surface area contributed by atoms with Crippen molar-refractivity contribution in [2.75, 3.05) is 13.7 Å². The summed E-state index contributed by atoms with van der Waals surface area (Å²) in [6.45, 7) is 0.528. The molecule has 2 N–H and O–H groups in total. The number of rotatable bonds is 3. The van der Waals surface area contributed by atoms with E-state index < -0.39 is 0 Å². The molecule has 1 aromatic rings. The summed E-state index contributed by atoms with van der Waals surface area (Å²) in [6, 6.07) is 9.98. The topological polar surface area (TPSA) is 35.2 Å². The SMILES string of the molecule is COC(CN)c1ccccc1.Cl. The Bertz CT molecular complexity index is 199. The molecule has 0 spiro atoms. The molecule has 1 unspecified atom stereocenters. The van der Waals surface area contributed by atoms with Crippen molar-refractivity contribution in [3.63, 3.8) is 0 Å². The van der Waals surface area contributed by atoms with Gasteiger partial charge < -0.3 is 10.5 Å². The van der Waals surface area contributed by atoms with Gasteiger partial charge in [0.2, 0.25) is 0 Å². The predicted octanol–water partition coefficient (Wildman–Crippen LogP) is 1.75. The van der Waals surface area contributed by atoms with E-state index in [2.05, 4.69) is 0 Å². The average Bonchev–Trinajstić information content (AvgIpc) is 2.09. The van der Waals surface area contributed by atoms with Gasteiger partial charge in [-0.15, -0.1) is 12.4 Å². The largest absolute Gasteiger partial charge is 0.375 e. The summed E-state index contributed by atoms with van der Waals surface area (Å²) in [7, 11) is 1.67. The van der Waals surface area contributed by atoms with Crippen molar-refractivity contribution < 1.29 is 4.74 Å². The van der Waals surface area contributed by atoms with Crippen LogP contribution in [0.3, 0.4) is 0 Å². The first-order valence-corrected chi connectivity index (χ1v) is 3.66. The zero-order chi connectivity index (χ0) is 8.10. The van der Waals surface area contributed by atoms with Crippen LogP contribution in [-0.2, 0) is 4.74 Å². The van der Waals surface area contributed by atoms with Crippen molar-refractivity contribution in [3.8, 4) is 0 Å². The van der Waals surface area contributed by atoms with Crippen LogP contribution in [0.15, 0.2) is 30.3 Å². The van der Waals surface area contributed by atoms with E-state index in [1.807, 2.05) is 30.3 Å². The molecule has 0 saturated carbocycles. The lowest BCUT2D eigenvalue weighted by molar-refractivity contribution is 0.110. The lowest BCUT2D eigenvalue weighted by Crippen LogP contribution is -2.13. The number of ether oxygens (including phenoxy) is 1. The van der Waals surface area contributed by atoms with Gasteiger partial charge in [0.05, 0.1) is 6.10 Å². The van der Waals surface area contributed by atoms with Crippen LogP contribution in [0.4, 0.5) is 0 Å². The molecule has 0 amide bonds. The van der Waals surface area contributed by atoms with Gasteiger partial charge in [-0.1, -0.05) is 30.3 Å². The van der Waals surface area contributed by atoms with Crippen molar-refractivity contribution in [2.24, 2.45) is 5.73 Å². The van der Waals surface area contributed by atoms with E-state index in [0.717, 1.165) is 5.56 Å². The zero-order valence-corrected chi connectivity index (χ0v) is 7.88. The smallest absolute Gasteiger partial charge is 0.0943 e. The maximum atomic E-state index is 5.49. The van der Waals surface area contributed by atoms with Gasteiger partial charge in [0, 0.05) is 13.7 Å². The summed E-state index contributed by atoms with van der Waals surface area (Å²) in [4.78, 5) is 0. The fourth-order valence-electron chi connectivity index (χ4n) is 1.04. The highest BCUT2D eigenvalue weighted by molar-refractivity contribution is 5.85. The minimum Gasteiger partial charge on any atom is -0.375 e. The van der Waals surface area contributed by atoms with Gasteiger partial charge in [-0.2, -0.15) is 0 Å². The van der Waals surface area contributed by atoms with Gasteiger partial charge in [0.25, 0.3) is 0 Å². The highest BCUT2D eigenvalue weighted by Gasteiger charge is 2.05. The van der Waals surface area contributed by atoms with Gasteiger partial charge in [-0.05, 0) is 5.56 Å². The first-order valence-electron chi connectivity index (χ1n) is 3.66. The van der Waals surface area contributed by atoms with Gasteiger partial charge in [-0.3, -0.25) is 0 Å². The van der Waals surface area contributed by atoms with Gasteiger partial charge >= 0.3 is 0 Å². The molecule has 1 rings (SSSR count). The fourth-order valence-corrected chi connectivity index (χ4v) is 1.04. The number of benzene rings is 1. The number of hydrogen-bond acceptors (Lipinski definition) is 2. The second-order valence-corrected chi connectivity index (χ2v) is 2.37. The first kappa shape index (κ1) is 11.4. The quantitative estimate of drug-likeness (QED) is 0.783. The molecule has 0 aliphatic carbocycles. The molecular weight excluding hydrogens is 174 g/mol. The third-order valence-corrected chi connectivity index (χ3v) is 1.67. The molecule has 2 nitrogen and oxygen atoms in total. The van der Waals surface area contributed by atoms with Crippen LogP contribution in [-0.4, -0.2) is 13.7 Å². The Morgan fingerprint density at radius 2 is 1.92 bits per heavy atom. The molecule has 0 heterocycles. The molecule has 12 heavy (non-hydrogen) atoms. The average molecular weight is 188 g/mol. The lowest BCUT2D eigenvalue weighted by atomic mass is 10.1. The Morgan fingerprint density at radius 3 is 2.33 bits per heavy atom. The van der Waals surface area contributed by atoms with Crippen molar-refractivity contribution in [1.29, 1.82) is 0 Å². The Morgan fingerprint density at radius 1 is 1.33 bits per heavy atom. The van der Waals surface area contributed by atoms with Crippen molar-refractivity contribution in [3.05, 3.63) is 35.9 Å². The molecule has 0 radical (unpaired) electrons. The van der Waals surface area contributed by atoms with Crippen LogP contribution in [0.2, 0.25) is 0 Å². The third-order valence-electron chi connectivity index (χ3n) is 1.67. The van der Waals surface area contributed by atoms with Crippen LogP contribution in [0, 0.1) is 0 Å². The number of nitrogens with two attached hydrogens (primary N) is 1. The van der Waals surface area contributed by atoms with Crippen LogP contribution in [0.1, 0.15) is 11.7 Å². The van der Waals surface area contributed by atoms with Gasteiger partial charge in [0.1, 0.15) is 0 Å². The molecule has 0 aliphatic heterocycles. The van der Waals surface area contributed by atoms with Crippen molar-refractivity contribution in [2.45, 2.75) is 6.10 Å². The van der Waals surface area contributed by atoms with E-state index in [-0.39, 0.29) is 18.5 Å². The van der Waals surface area contributed by atoms with Gasteiger partial charge in [0.15, 0.2) is 0 Å². The summed E-state index contributed by atoms with van der Waals surface area (Å²) < 4.78 is 5.16. The molecule has 0 aliphatic rings. The molecule has 3 heteroatoms. The number of hydrogen-bond donors (Lipinski definition) is 1. The molecule has 1 atom stereocenters. The Labute approximate surface area is 79.1 Å². The molecule has 0 aromatic heterocycles. The maximum Gasteiger partial charge on any atom is 0.0943 e.